The predicted octanol–water partition coefficient (Wildman–Crippen LogP) is 6.06. The number of carbonyl (C=O) groups excluding carboxylic acids is 1. The normalized spacial score (nSPS) is 13.2. The minimum absolute atomic E-state index is 0.138. The van der Waals surface area contributed by atoms with Gasteiger partial charge in [0.05, 0.1) is 16.7 Å². The third kappa shape index (κ3) is 5.75. The monoisotopic (exact) mass is 485 g/mol. The van der Waals surface area contributed by atoms with Crippen LogP contribution in [0.15, 0.2) is 67.1 Å². The lowest BCUT2D eigenvalue weighted by molar-refractivity contribution is -0.122. The number of amides is 1. The van der Waals surface area contributed by atoms with Gasteiger partial charge in [0.1, 0.15) is 23.6 Å². The molecular weight excluding hydrogens is 462 g/mol. The smallest absolute Gasteiger partial charge is 0.223 e. The molecule has 1 aliphatic rings. The first kappa shape index (κ1) is 22.8. The van der Waals surface area contributed by atoms with Gasteiger partial charge in [-0.15, -0.1) is 0 Å². The maximum Gasteiger partial charge on any atom is 0.223 e. The SMILES string of the molecule is Cc1ccc(Oc2ccc(Nc3ncnc4ccc(C=CCNC(=O)C5CC5)cc34)cc2Cl)cn1. The number of halogens is 1. The van der Waals surface area contributed by atoms with Gasteiger partial charge in [0.25, 0.3) is 0 Å². The number of rotatable bonds is 8. The number of aromatic nitrogens is 3. The van der Waals surface area contributed by atoms with Crippen molar-refractivity contribution in [1.82, 2.24) is 20.3 Å². The van der Waals surface area contributed by atoms with E-state index in [0.717, 1.165) is 40.7 Å². The van der Waals surface area contributed by atoms with E-state index in [4.69, 9.17) is 16.3 Å². The highest BCUT2D eigenvalue weighted by Crippen LogP contribution is 2.33. The van der Waals surface area contributed by atoms with E-state index in [0.29, 0.717) is 28.9 Å². The van der Waals surface area contributed by atoms with E-state index in [1.54, 1.807) is 18.3 Å². The zero-order valence-corrected chi connectivity index (χ0v) is 19.9. The molecule has 2 aromatic carbocycles. The van der Waals surface area contributed by atoms with Gasteiger partial charge in [0, 0.05) is 29.2 Å². The Hall–Kier alpha value is -3.97. The van der Waals surface area contributed by atoms with Crippen LogP contribution in [0.3, 0.4) is 0 Å². The van der Waals surface area contributed by atoms with Gasteiger partial charge in [0.15, 0.2) is 0 Å². The summed E-state index contributed by atoms with van der Waals surface area (Å²) in [6.45, 7) is 2.43. The second kappa shape index (κ2) is 10.1. The molecule has 0 aliphatic heterocycles. The highest BCUT2D eigenvalue weighted by atomic mass is 35.5. The largest absolute Gasteiger partial charge is 0.454 e. The highest BCUT2D eigenvalue weighted by Gasteiger charge is 2.28. The topological polar surface area (TPSA) is 89.0 Å². The lowest BCUT2D eigenvalue weighted by Gasteiger charge is -2.12. The van der Waals surface area contributed by atoms with E-state index in [1.165, 1.54) is 6.33 Å². The van der Waals surface area contributed by atoms with Gasteiger partial charge in [-0.3, -0.25) is 9.78 Å². The molecule has 35 heavy (non-hydrogen) atoms. The van der Waals surface area contributed by atoms with E-state index in [-0.39, 0.29) is 11.8 Å². The van der Waals surface area contributed by atoms with Crippen LogP contribution in [-0.2, 0) is 4.79 Å². The number of fused-ring (bicyclic) bond motifs is 1. The summed E-state index contributed by atoms with van der Waals surface area (Å²) in [7, 11) is 0. The van der Waals surface area contributed by atoms with E-state index >= 15 is 0 Å². The third-order valence-corrected chi connectivity index (χ3v) is 5.91. The van der Waals surface area contributed by atoms with E-state index in [2.05, 4.69) is 25.6 Å². The first-order valence-corrected chi connectivity index (χ1v) is 11.8. The maximum absolute atomic E-state index is 11.8. The quantitative estimate of drug-likeness (QED) is 0.315. The molecule has 1 aliphatic carbocycles. The molecule has 5 rings (SSSR count). The van der Waals surface area contributed by atoms with Crippen LogP contribution in [-0.4, -0.2) is 27.4 Å². The van der Waals surface area contributed by atoms with Crippen molar-refractivity contribution in [2.75, 3.05) is 11.9 Å². The summed E-state index contributed by atoms with van der Waals surface area (Å²) < 4.78 is 5.85. The van der Waals surface area contributed by atoms with Crippen LogP contribution in [0, 0.1) is 12.8 Å². The summed E-state index contributed by atoms with van der Waals surface area (Å²) in [6.07, 6.45) is 9.12. The summed E-state index contributed by atoms with van der Waals surface area (Å²) in [5, 5.41) is 7.60. The molecule has 7 nitrogen and oxygen atoms in total. The molecule has 0 saturated heterocycles. The average Bonchev–Trinajstić information content (AvgIpc) is 3.71. The van der Waals surface area contributed by atoms with Gasteiger partial charge in [-0.2, -0.15) is 0 Å². The predicted molar refractivity (Wildman–Crippen MR) is 138 cm³/mol. The highest BCUT2D eigenvalue weighted by molar-refractivity contribution is 6.32. The van der Waals surface area contributed by atoms with Crippen LogP contribution in [0.5, 0.6) is 11.5 Å². The van der Waals surface area contributed by atoms with E-state index in [1.807, 2.05) is 55.5 Å². The number of ether oxygens (including phenoxy) is 1. The number of benzene rings is 2. The molecule has 0 bridgehead atoms. The van der Waals surface area contributed by atoms with E-state index < -0.39 is 0 Å². The number of carbonyl (C=O) groups is 1. The molecule has 2 heterocycles. The molecule has 0 spiro atoms. The Morgan fingerprint density at radius 1 is 1.11 bits per heavy atom. The fraction of sp³-hybridized carbons (Fsp3) is 0.185. The molecule has 0 atom stereocenters. The summed E-state index contributed by atoms with van der Waals surface area (Å²) in [4.78, 5) is 24.8. The second-order valence-electron chi connectivity index (χ2n) is 8.43. The van der Waals surface area contributed by atoms with Crippen LogP contribution < -0.4 is 15.4 Å². The minimum Gasteiger partial charge on any atom is -0.454 e. The Balaban J connectivity index is 1.30. The number of pyridine rings is 1. The van der Waals surface area contributed by atoms with Crippen molar-refractivity contribution in [1.29, 1.82) is 0 Å². The minimum atomic E-state index is 0.138. The second-order valence-corrected chi connectivity index (χ2v) is 8.84. The average molecular weight is 486 g/mol. The molecule has 1 fully saturated rings. The fourth-order valence-electron chi connectivity index (χ4n) is 3.56. The van der Waals surface area contributed by atoms with Gasteiger partial charge in [-0.05, 0) is 67.8 Å². The molecule has 1 saturated carbocycles. The van der Waals surface area contributed by atoms with Crippen molar-refractivity contribution in [3.05, 3.63) is 83.4 Å². The van der Waals surface area contributed by atoms with Gasteiger partial charge >= 0.3 is 0 Å². The number of anilines is 2. The van der Waals surface area contributed by atoms with Crippen molar-refractivity contribution in [2.45, 2.75) is 19.8 Å². The molecule has 8 heteroatoms. The fourth-order valence-corrected chi connectivity index (χ4v) is 3.78. The van der Waals surface area contributed by atoms with Gasteiger partial charge in [-0.1, -0.05) is 29.8 Å². The van der Waals surface area contributed by atoms with Crippen LogP contribution in [0.1, 0.15) is 24.1 Å². The van der Waals surface area contributed by atoms with Gasteiger partial charge < -0.3 is 15.4 Å². The molecule has 0 radical (unpaired) electrons. The van der Waals surface area contributed by atoms with Crippen molar-refractivity contribution >= 4 is 46.0 Å². The lowest BCUT2D eigenvalue weighted by atomic mass is 10.1. The Bertz CT molecular complexity index is 1400. The number of nitrogens with zero attached hydrogens (tertiary/aromatic N) is 3. The third-order valence-electron chi connectivity index (χ3n) is 5.62. The zero-order chi connectivity index (χ0) is 24.2. The summed E-state index contributed by atoms with van der Waals surface area (Å²) >= 11 is 6.48. The maximum atomic E-state index is 11.8. The summed E-state index contributed by atoms with van der Waals surface area (Å²) in [6, 6.07) is 15.2. The van der Waals surface area contributed by atoms with E-state index in [9.17, 15) is 4.79 Å². The van der Waals surface area contributed by atoms with Crippen LogP contribution in [0.2, 0.25) is 5.02 Å². The van der Waals surface area contributed by atoms with Crippen LogP contribution in [0.25, 0.3) is 17.0 Å². The Morgan fingerprint density at radius 3 is 2.77 bits per heavy atom. The molecule has 4 aromatic rings. The van der Waals surface area contributed by atoms with Crippen molar-refractivity contribution < 1.29 is 9.53 Å². The number of aryl methyl sites for hydroxylation is 1. The van der Waals surface area contributed by atoms with Crippen LogP contribution in [0.4, 0.5) is 11.5 Å². The van der Waals surface area contributed by atoms with Gasteiger partial charge in [0.2, 0.25) is 5.91 Å². The molecule has 2 aromatic heterocycles. The van der Waals surface area contributed by atoms with Crippen molar-refractivity contribution in [3.63, 3.8) is 0 Å². The lowest BCUT2D eigenvalue weighted by Crippen LogP contribution is -2.24. The number of nitrogens with one attached hydrogen (secondary N) is 2. The first-order valence-electron chi connectivity index (χ1n) is 11.4. The Labute approximate surface area is 208 Å². The molecule has 0 unspecified atom stereocenters. The van der Waals surface area contributed by atoms with Crippen molar-refractivity contribution in [2.24, 2.45) is 5.92 Å². The molecule has 1 amide bonds. The number of hydrogen-bond acceptors (Lipinski definition) is 6. The van der Waals surface area contributed by atoms with Gasteiger partial charge in [-0.25, -0.2) is 9.97 Å². The number of hydrogen-bond donors (Lipinski definition) is 2. The zero-order valence-electron chi connectivity index (χ0n) is 19.2. The standard InChI is InChI=1S/C27H24ClN5O2/c1-17-4-9-21(15-30-17)35-25-11-8-20(14-23(25)28)33-26-22-13-18(5-10-24(22)31-16-32-26)3-2-12-29-27(34)19-6-7-19/h2-5,8-11,13-16,19H,6-7,12H2,1H3,(H,29,34)(H,31,32,33). The van der Waals surface area contributed by atoms with Crippen molar-refractivity contribution in [3.8, 4) is 11.5 Å². The molecular formula is C27H24ClN5O2. The summed E-state index contributed by atoms with van der Waals surface area (Å²) in [5.74, 6) is 2.17. The van der Waals surface area contributed by atoms with Crippen LogP contribution >= 0.6 is 11.6 Å². The Morgan fingerprint density at radius 2 is 2.00 bits per heavy atom. The first-order chi connectivity index (χ1) is 17.0. The molecule has 176 valence electrons. The summed E-state index contributed by atoms with van der Waals surface area (Å²) in [5.41, 5.74) is 3.50. The Kier molecular flexibility index (Phi) is 6.59. The molecule has 2 N–H and O–H groups in total.